The zero-order valence-corrected chi connectivity index (χ0v) is 10.6. The van der Waals surface area contributed by atoms with Gasteiger partial charge in [-0.15, -0.1) is 0 Å². The molecule has 0 bridgehead atoms. The summed E-state index contributed by atoms with van der Waals surface area (Å²) in [6, 6.07) is 4.80. The zero-order valence-electron chi connectivity index (χ0n) is 9.83. The number of carbonyl (C=O) groups is 1. The molecule has 1 aromatic rings. The molecule has 1 aliphatic rings. The van der Waals surface area contributed by atoms with Crippen molar-refractivity contribution >= 4 is 17.7 Å². The molecule has 4 heteroatoms. The highest BCUT2D eigenvalue weighted by Crippen LogP contribution is 2.18. The maximum absolute atomic E-state index is 13.5. The molecule has 1 aliphatic heterocycles. The van der Waals surface area contributed by atoms with Crippen LogP contribution in [0.25, 0.3) is 0 Å². The van der Waals surface area contributed by atoms with Gasteiger partial charge in [-0.3, -0.25) is 4.79 Å². The molecular formula is C13H16FNOS. The number of aryl methyl sites for hydroxylation is 1. The average Bonchev–Trinajstić information content (AvgIpc) is 2.33. The van der Waals surface area contributed by atoms with E-state index in [1.165, 1.54) is 6.07 Å². The van der Waals surface area contributed by atoms with E-state index in [2.05, 4.69) is 5.32 Å². The second-order valence-corrected chi connectivity index (χ2v) is 5.52. The van der Waals surface area contributed by atoms with E-state index in [1.54, 1.807) is 12.1 Å². The van der Waals surface area contributed by atoms with Crippen LogP contribution in [0.15, 0.2) is 18.2 Å². The monoisotopic (exact) mass is 253 g/mol. The van der Waals surface area contributed by atoms with Gasteiger partial charge in [-0.25, -0.2) is 4.39 Å². The largest absolute Gasteiger partial charge is 0.348 e. The van der Waals surface area contributed by atoms with Gasteiger partial charge in [-0.2, -0.15) is 11.8 Å². The minimum Gasteiger partial charge on any atom is -0.348 e. The Bertz CT molecular complexity index is 416. The number of benzene rings is 1. The molecule has 1 N–H and O–H groups in total. The van der Waals surface area contributed by atoms with Gasteiger partial charge in [0, 0.05) is 11.8 Å². The van der Waals surface area contributed by atoms with Gasteiger partial charge in [-0.1, -0.05) is 11.6 Å². The fraction of sp³-hybridized carbons (Fsp3) is 0.462. The molecule has 0 aromatic heterocycles. The second-order valence-electron chi connectivity index (χ2n) is 4.37. The topological polar surface area (TPSA) is 29.1 Å². The molecule has 0 radical (unpaired) electrons. The Morgan fingerprint density at radius 3 is 3.06 bits per heavy atom. The van der Waals surface area contributed by atoms with Crippen LogP contribution in [0.5, 0.6) is 0 Å². The van der Waals surface area contributed by atoms with Crippen molar-refractivity contribution < 1.29 is 9.18 Å². The maximum atomic E-state index is 13.5. The van der Waals surface area contributed by atoms with Gasteiger partial charge in [0.2, 0.25) is 0 Å². The Labute approximate surface area is 105 Å². The van der Waals surface area contributed by atoms with Gasteiger partial charge in [0.05, 0.1) is 5.56 Å². The van der Waals surface area contributed by atoms with E-state index < -0.39 is 5.82 Å². The van der Waals surface area contributed by atoms with Crippen LogP contribution in [-0.2, 0) is 0 Å². The van der Waals surface area contributed by atoms with E-state index >= 15 is 0 Å². The predicted molar refractivity (Wildman–Crippen MR) is 69.0 cm³/mol. The Morgan fingerprint density at radius 2 is 2.35 bits per heavy atom. The summed E-state index contributed by atoms with van der Waals surface area (Å²) >= 11 is 1.84. The van der Waals surface area contributed by atoms with Crippen molar-refractivity contribution in [2.75, 3.05) is 11.5 Å². The molecule has 1 unspecified atom stereocenters. The van der Waals surface area contributed by atoms with Crippen LogP contribution in [0.1, 0.15) is 28.8 Å². The molecule has 1 fully saturated rings. The predicted octanol–water partition coefficient (Wildman–Crippen LogP) is 2.76. The first-order valence-corrected chi connectivity index (χ1v) is 6.97. The summed E-state index contributed by atoms with van der Waals surface area (Å²) in [5.74, 6) is 1.35. The van der Waals surface area contributed by atoms with Crippen LogP contribution in [0.3, 0.4) is 0 Å². The van der Waals surface area contributed by atoms with Crippen molar-refractivity contribution in [2.45, 2.75) is 25.8 Å². The van der Waals surface area contributed by atoms with Crippen molar-refractivity contribution in [3.63, 3.8) is 0 Å². The quantitative estimate of drug-likeness (QED) is 0.878. The van der Waals surface area contributed by atoms with Crippen LogP contribution in [-0.4, -0.2) is 23.5 Å². The molecule has 1 amide bonds. The van der Waals surface area contributed by atoms with Gasteiger partial charge in [0.1, 0.15) is 5.82 Å². The molecule has 1 atom stereocenters. The highest BCUT2D eigenvalue weighted by Gasteiger charge is 2.18. The minimum absolute atomic E-state index is 0.153. The smallest absolute Gasteiger partial charge is 0.254 e. The summed E-state index contributed by atoms with van der Waals surface area (Å²) in [5.41, 5.74) is 1.05. The number of nitrogens with one attached hydrogen (secondary N) is 1. The lowest BCUT2D eigenvalue weighted by molar-refractivity contribution is 0.0934. The first-order valence-electron chi connectivity index (χ1n) is 5.81. The van der Waals surface area contributed by atoms with E-state index in [0.717, 1.165) is 29.9 Å². The number of amides is 1. The molecule has 17 heavy (non-hydrogen) atoms. The van der Waals surface area contributed by atoms with Gasteiger partial charge in [0.15, 0.2) is 0 Å². The Hall–Kier alpha value is -1.03. The van der Waals surface area contributed by atoms with Crippen LogP contribution in [0.4, 0.5) is 4.39 Å². The van der Waals surface area contributed by atoms with Crippen molar-refractivity contribution in [1.82, 2.24) is 5.32 Å². The lowest BCUT2D eigenvalue weighted by Gasteiger charge is -2.22. The first-order chi connectivity index (χ1) is 8.16. The maximum Gasteiger partial charge on any atom is 0.254 e. The zero-order chi connectivity index (χ0) is 12.3. The van der Waals surface area contributed by atoms with E-state index in [0.29, 0.717) is 0 Å². The molecule has 0 saturated carbocycles. The second kappa shape index (κ2) is 5.54. The summed E-state index contributed by atoms with van der Waals surface area (Å²) in [7, 11) is 0. The average molecular weight is 253 g/mol. The van der Waals surface area contributed by atoms with E-state index in [1.807, 2.05) is 18.7 Å². The highest BCUT2D eigenvalue weighted by molar-refractivity contribution is 7.99. The number of hydrogen-bond donors (Lipinski definition) is 1. The van der Waals surface area contributed by atoms with Gasteiger partial charge < -0.3 is 5.32 Å². The third-order valence-corrected chi connectivity index (χ3v) is 4.08. The number of rotatable bonds is 2. The van der Waals surface area contributed by atoms with E-state index in [4.69, 9.17) is 0 Å². The molecule has 2 nitrogen and oxygen atoms in total. The number of halogens is 1. The van der Waals surface area contributed by atoms with E-state index in [9.17, 15) is 9.18 Å². The fourth-order valence-corrected chi connectivity index (χ4v) is 3.00. The Kier molecular flexibility index (Phi) is 4.05. The summed E-state index contributed by atoms with van der Waals surface area (Å²) in [5, 5.41) is 2.90. The molecule has 0 aliphatic carbocycles. The number of hydrogen-bond acceptors (Lipinski definition) is 2. The SMILES string of the molecule is Cc1ccc(F)c(C(=O)NC2CCCSC2)c1. The van der Waals surface area contributed by atoms with Crippen LogP contribution in [0, 0.1) is 12.7 Å². The highest BCUT2D eigenvalue weighted by atomic mass is 32.2. The molecule has 1 aromatic carbocycles. The molecule has 2 rings (SSSR count). The molecule has 0 spiro atoms. The Balaban J connectivity index is 2.05. The van der Waals surface area contributed by atoms with Crippen LogP contribution >= 0.6 is 11.8 Å². The van der Waals surface area contributed by atoms with Gasteiger partial charge in [0.25, 0.3) is 5.91 Å². The summed E-state index contributed by atoms with van der Waals surface area (Å²) in [6.07, 6.45) is 2.11. The molecular weight excluding hydrogens is 237 g/mol. The fourth-order valence-electron chi connectivity index (χ4n) is 1.93. The number of thioether (sulfide) groups is 1. The van der Waals surface area contributed by atoms with Gasteiger partial charge in [-0.05, 0) is 37.7 Å². The lowest BCUT2D eigenvalue weighted by atomic mass is 10.1. The van der Waals surface area contributed by atoms with Crippen molar-refractivity contribution in [2.24, 2.45) is 0 Å². The van der Waals surface area contributed by atoms with Crippen molar-refractivity contribution in [3.8, 4) is 0 Å². The third-order valence-electron chi connectivity index (χ3n) is 2.86. The molecule has 1 heterocycles. The molecule has 92 valence electrons. The van der Waals surface area contributed by atoms with Crippen molar-refractivity contribution in [3.05, 3.63) is 35.1 Å². The summed E-state index contributed by atoms with van der Waals surface area (Å²) in [4.78, 5) is 11.9. The third kappa shape index (κ3) is 3.22. The standard InChI is InChI=1S/C13H16FNOS/c1-9-4-5-12(14)11(7-9)13(16)15-10-3-2-6-17-8-10/h4-5,7,10H,2-3,6,8H2,1H3,(H,15,16). The van der Waals surface area contributed by atoms with Crippen LogP contribution in [0.2, 0.25) is 0 Å². The van der Waals surface area contributed by atoms with Gasteiger partial charge >= 0.3 is 0 Å². The summed E-state index contributed by atoms with van der Waals surface area (Å²) < 4.78 is 13.5. The number of carbonyl (C=O) groups excluding carboxylic acids is 1. The minimum atomic E-state index is -0.448. The normalized spacial score (nSPS) is 20.0. The first kappa shape index (κ1) is 12.4. The Morgan fingerprint density at radius 1 is 1.53 bits per heavy atom. The molecule has 1 saturated heterocycles. The lowest BCUT2D eigenvalue weighted by Crippen LogP contribution is -2.38. The van der Waals surface area contributed by atoms with Crippen LogP contribution < -0.4 is 5.32 Å². The summed E-state index contributed by atoms with van der Waals surface area (Å²) in [6.45, 7) is 1.85. The van der Waals surface area contributed by atoms with Crippen molar-refractivity contribution in [1.29, 1.82) is 0 Å². The van der Waals surface area contributed by atoms with E-state index in [-0.39, 0.29) is 17.5 Å².